The Balaban J connectivity index is 1.58. The van der Waals surface area contributed by atoms with Crippen LogP contribution in [0, 0.1) is 0 Å². The van der Waals surface area contributed by atoms with Crippen molar-refractivity contribution < 1.29 is 4.79 Å². The third-order valence-corrected chi connectivity index (χ3v) is 4.73. The molecule has 2 fully saturated rings. The molecule has 4 nitrogen and oxygen atoms in total. The third kappa shape index (κ3) is 4.23. The van der Waals surface area contributed by atoms with E-state index in [-0.39, 0.29) is 5.91 Å². The third-order valence-electron chi connectivity index (χ3n) is 4.73. The molecule has 3 rings (SSSR count). The summed E-state index contributed by atoms with van der Waals surface area (Å²) < 4.78 is 0. The largest absolute Gasteiger partial charge is 0.381 e. The summed E-state index contributed by atoms with van der Waals surface area (Å²) >= 11 is 0. The molecule has 1 saturated carbocycles. The molecule has 0 radical (unpaired) electrons. The Morgan fingerprint density at radius 1 is 1.00 bits per heavy atom. The van der Waals surface area contributed by atoms with E-state index in [1.165, 1.54) is 44.9 Å². The van der Waals surface area contributed by atoms with E-state index in [0.29, 0.717) is 12.6 Å². The fourth-order valence-electron chi connectivity index (χ4n) is 3.52. The Morgan fingerprint density at radius 2 is 1.68 bits per heavy atom. The number of hydrogen-bond donors (Lipinski definition) is 2. The van der Waals surface area contributed by atoms with Gasteiger partial charge in [-0.3, -0.25) is 9.69 Å². The van der Waals surface area contributed by atoms with E-state index >= 15 is 0 Å². The van der Waals surface area contributed by atoms with Crippen LogP contribution in [-0.2, 0) is 4.79 Å². The van der Waals surface area contributed by atoms with Gasteiger partial charge in [0.2, 0.25) is 5.91 Å². The Bertz CT molecular complexity index is 491. The summed E-state index contributed by atoms with van der Waals surface area (Å²) in [6, 6.07) is 8.62. The number of rotatable bonds is 5. The molecule has 4 heteroatoms. The number of anilines is 2. The molecule has 1 saturated heterocycles. The van der Waals surface area contributed by atoms with Gasteiger partial charge in [0.05, 0.1) is 17.9 Å². The molecule has 1 aliphatic carbocycles. The van der Waals surface area contributed by atoms with Crippen LogP contribution in [0.1, 0.15) is 44.9 Å². The molecular formula is C18H27N3O. The minimum atomic E-state index is 0.0970. The lowest BCUT2D eigenvalue weighted by Gasteiger charge is -2.25. The quantitative estimate of drug-likeness (QED) is 0.875. The second-order valence-electron chi connectivity index (χ2n) is 6.56. The van der Waals surface area contributed by atoms with Crippen molar-refractivity contribution in [3.63, 3.8) is 0 Å². The van der Waals surface area contributed by atoms with Gasteiger partial charge in [-0.1, -0.05) is 31.4 Å². The number of hydrogen-bond acceptors (Lipinski definition) is 3. The van der Waals surface area contributed by atoms with Crippen LogP contribution in [0.25, 0.3) is 0 Å². The lowest BCUT2D eigenvalue weighted by Crippen LogP contribution is -2.31. The molecular weight excluding hydrogens is 274 g/mol. The van der Waals surface area contributed by atoms with E-state index in [1.54, 1.807) is 0 Å². The molecule has 120 valence electrons. The van der Waals surface area contributed by atoms with Crippen LogP contribution in [0.15, 0.2) is 24.3 Å². The lowest BCUT2D eigenvalue weighted by atomic mass is 9.95. The second kappa shape index (κ2) is 7.63. The zero-order valence-corrected chi connectivity index (χ0v) is 13.3. The monoisotopic (exact) mass is 301 g/mol. The maximum atomic E-state index is 12.2. The summed E-state index contributed by atoms with van der Waals surface area (Å²) in [7, 11) is 0. The van der Waals surface area contributed by atoms with Crippen LogP contribution in [0.4, 0.5) is 11.4 Å². The van der Waals surface area contributed by atoms with Crippen molar-refractivity contribution in [1.82, 2.24) is 4.90 Å². The van der Waals surface area contributed by atoms with Crippen LogP contribution in [0.3, 0.4) is 0 Å². The Kier molecular flexibility index (Phi) is 5.33. The maximum Gasteiger partial charge on any atom is 0.238 e. The molecule has 1 aromatic carbocycles. The van der Waals surface area contributed by atoms with E-state index in [9.17, 15) is 4.79 Å². The van der Waals surface area contributed by atoms with Crippen LogP contribution in [0.2, 0.25) is 0 Å². The number of carbonyl (C=O) groups is 1. The molecule has 2 aliphatic rings. The summed E-state index contributed by atoms with van der Waals surface area (Å²) in [6.07, 6.45) is 8.86. The maximum absolute atomic E-state index is 12.2. The minimum absolute atomic E-state index is 0.0970. The summed E-state index contributed by atoms with van der Waals surface area (Å²) in [5, 5.41) is 6.70. The second-order valence-corrected chi connectivity index (χ2v) is 6.56. The van der Waals surface area contributed by atoms with Gasteiger partial charge >= 0.3 is 0 Å². The van der Waals surface area contributed by atoms with Gasteiger partial charge in [-0.05, 0) is 50.9 Å². The molecule has 1 amide bonds. The number of amides is 1. The zero-order valence-electron chi connectivity index (χ0n) is 13.3. The van der Waals surface area contributed by atoms with E-state index in [4.69, 9.17) is 0 Å². The standard InChI is InChI=1S/C18H27N3O/c22-18(14-21-12-6-7-13-21)20-17-11-5-4-10-16(17)19-15-8-2-1-3-9-15/h4-5,10-11,15,19H,1-3,6-9,12-14H2,(H,20,22). The van der Waals surface area contributed by atoms with E-state index in [1.807, 2.05) is 18.2 Å². The van der Waals surface area contributed by atoms with E-state index in [2.05, 4.69) is 21.6 Å². The highest BCUT2D eigenvalue weighted by Crippen LogP contribution is 2.26. The van der Waals surface area contributed by atoms with Crippen molar-refractivity contribution >= 4 is 17.3 Å². The number of nitrogens with one attached hydrogen (secondary N) is 2. The molecule has 0 atom stereocenters. The minimum Gasteiger partial charge on any atom is -0.381 e. The van der Waals surface area contributed by atoms with Crippen LogP contribution >= 0.6 is 0 Å². The molecule has 1 aromatic rings. The Hall–Kier alpha value is -1.55. The summed E-state index contributed by atoms with van der Waals surface area (Å²) in [5.74, 6) is 0.0970. The van der Waals surface area contributed by atoms with Crippen molar-refractivity contribution in [2.75, 3.05) is 30.3 Å². The van der Waals surface area contributed by atoms with Gasteiger partial charge in [0.15, 0.2) is 0 Å². The van der Waals surface area contributed by atoms with Crippen LogP contribution in [0.5, 0.6) is 0 Å². The normalized spacial score (nSPS) is 20.0. The molecule has 0 bridgehead atoms. The number of carbonyl (C=O) groups excluding carboxylic acids is 1. The smallest absolute Gasteiger partial charge is 0.238 e. The summed E-state index contributed by atoms with van der Waals surface area (Å²) in [4.78, 5) is 14.5. The SMILES string of the molecule is O=C(CN1CCCC1)Nc1ccccc1NC1CCCCC1. The van der Waals surface area contributed by atoms with Gasteiger partial charge in [-0.15, -0.1) is 0 Å². The Labute approximate surface area is 133 Å². The predicted octanol–water partition coefficient (Wildman–Crippen LogP) is 3.47. The topological polar surface area (TPSA) is 44.4 Å². The first kappa shape index (κ1) is 15.3. The molecule has 22 heavy (non-hydrogen) atoms. The number of nitrogens with zero attached hydrogens (tertiary/aromatic N) is 1. The number of benzene rings is 1. The van der Waals surface area contributed by atoms with Gasteiger partial charge in [-0.2, -0.15) is 0 Å². The average Bonchev–Trinajstić information content (AvgIpc) is 3.03. The Morgan fingerprint density at radius 3 is 2.41 bits per heavy atom. The molecule has 0 aromatic heterocycles. The first-order valence-electron chi connectivity index (χ1n) is 8.69. The first-order valence-corrected chi connectivity index (χ1v) is 8.69. The molecule has 0 spiro atoms. The molecule has 1 heterocycles. The number of likely N-dealkylation sites (tertiary alicyclic amines) is 1. The van der Waals surface area contributed by atoms with Gasteiger partial charge in [0.1, 0.15) is 0 Å². The highest BCUT2D eigenvalue weighted by Gasteiger charge is 2.17. The fraction of sp³-hybridized carbons (Fsp3) is 0.611. The van der Waals surface area contributed by atoms with Crippen LogP contribution in [-0.4, -0.2) is 36.5 Å². The van der Waals surface area contributed by atoms with E-state index < -0.39 is 0 Å². The van der Waals surface area contributed by atoms with Gasteiger partial charge < -0.3 is 10.6 Å². The van der Waals surface area contributed by atoms with Crippen molar-refractivity contribution in [1.29, 1.82) is 0 Å². The predicted molar refractivity (Wildman–Crippen MR) is 91.2 cm³/mol. The highest BCUT2D eigenvalue weighted by molar-refractivity contribution is 5.95. The zero-order chi connectivity index (χ0) is 15.2. The summed E-state index contributed by atoms with van der Waals surface area (Å²) in [6.45, 7) is 2.61. The average molecular weight is 301 g/mol. The van der Waals surface area contributed by atoms with Crippen molar-refractivity contribution in [3.8, 4) is 0 Å². The van der Waals surface area contributed by atoms with Gasteiger partial charge in [0.25, 0.3) is 0 Å². The fourth-order valence-corrected chi connectivity index (χ4v) is 3.52. The van der Waals surface area contributed by atoms with Crippen molar-refractivity contribution in [2.45, 2.75) is 51.0 Å². The van der Waals surface area contributed by atoms with Crippen LogP contribution < -0.4 is 10.6 Å². The van der Waals surface area contributed by atoms with Crippen molar-refractivity contribution in [2.24, 2.45) is 0 Å². The summed E-state index contributed by atoms with van der Waals surface area (Å²) in [5.41, 5.74) is 1.97. The molecule has 2 N–H and O–H groups in total. The highest BCUT2D eigenvalue weighted by atomic mass is 16.2. The lowest BCUT2D eigenvalue weighted by molar-refractivity contribution is -0.117. The van der Waals surface area contributed by atoms with Gasteiger partial charge in [0, 0.05) is 6.04 Å². The van der Waals surface area contributed by atoms with Gasteiger partial charge in [-0.25, -0.2) is 0 Å². The molecule has 0 unspecified atom stereocenters. The van der Waals surface area contributed by atoms with Crippen molar-refractivity contribution in [3.05, 3.63) is 24.3 Å². The molecule has 1 aliphatic heterocycles. The number of para-hydroxylation sites is 2. The first-order chi connectivity index (χ1) is 10.8. The van der Waals surface area contributed by atoms with E-state index in [0.717, 1.165) is 24.5 Å².